The van der Waals surface area contributed by atoms with Gasteiger partial charge in [0.05, 0.1) is 18.6 Å². The first-order valence-electron chi connectivity index (χ1n) is 5.24. The standard InChI is InChI=1S/C11H15F3OS/c1-2-3-9-4-5-10(15-9)8-16-7-6-11(12,13)14/h1,9-10H,3-8H2. The molecule has 0 amide bonds. The lowest BCUT2D eigenvalue weighted by Gasteiger charge is -2.12. The van der Waals surface area contributed by atoms with Crippen molar-refractivity contribution in [2.45, 2.75) is 44.1 Å². The van der Waals surface area contributed by atoms with Gasteiger partial charge in [0.15, 0.2) is 0 Å². The van der Waals surface area contributed by atoms with Gasteiger partial charge < -0.3 is 4.74 Å². The summed E-state index contributed by atoms with van der Waals surface area (Å²) >= 11 is 1.30. The van der Waals surface area contributed by atoms with Crippen molar-refractivity contribution in [3.05, 3.63) is 0 Å². The Hall–Kier alpha value is -0.340. The van der Waals surface area contributed by atoms with Crippen LogP contribution in [0.5, 0.6) is 0 Å². The quantitative estimate of drug-likeness (QED) is 0.548. The lowest BCUT2D eigenvalue weighted by atomic mass is 10.2. The van der Waals surface area contributed by atoms with E-state index in [9.17, 15) is 13.2 Å². The summed E-state index contributed by atoms with van der Waals surface area (Å²) in [7, 11) is 0. The second kappa shape index (κ2) is 6.41. The van der Waals surface area contributed by atoms with Gasteiger partial charge in [-0.1, -0.05) is 0 Å². The van der Waals surface area contributed by atoms with Gasteiger partial charge in [-0.25, -0.2) is 0 Å². The topological polar surface area (TPSA) is 9.23 Å². The van der Waals surface area contributed by atoms with E-state index in [0.29, 0.717) is 12.2 Å². The third kappa shape index (κ3) is 5.66. The fourth-order valence-corrected chi connectivity index (χ4v) is 2.64. The average Bonchev–Trinajstić information content (AvgIpc) is 2.60. The molecule has 0 aromatic rings. The van der Waals surface area contributed by atoms with E-state index in [4.69, 9.17) is 11.2 Å². The van der Waals surface area contributed by atoms with Crippen LogP contribution in [0.3, 0.4) is 0 Å². The van der Waals surface area contributed by atoms with Crippen LogP contribution in [-0.2, 0) is 4.74 Å². The molecule has 2 atom stereocenters. The molecule has 5 heteroatoms. The van der Waals surface area contributed by atoms with E-state index in [0.717, 1.165) is 12.8 Å². The van der Waals surface area contributed by atoms with Crippen molar-refractivity contribution >= 4 is 11.8 Å². The second-order valence-corrected chi connectivity index (χ2v) is 4.96. The number of terminal acetylenes is 1. The van der Waals surface area contributed by atoms with Gasteiger partial charge >= 0.3 is 6.18 Å². The molecule has 1 heterocycles. The molecule has 1 aliphatic rings. The van der Waals surface area contributed by atoms with Gasteiger partial charge in [0.1, 0.15) is 0 Å². The maximum absolute atomic E-state index is 11.9. The van der Waals surface area contributed by atoms with Crippen LogP contribution in [0, 0.1) is 12.3 Å². The molecule has 92 valence electrons. The summed E-state index contributed by atoms with van der Waals surface area (Å²) in [5.74, 6) is 3.29. The maximum atomic E-state index is 11.9. The summed E-state index contributed by atoms with van der Waals surface area (Å²) < 4.78 is 41.1. The van der Waals surface area contributed by atoms with Crippen LogP contribution in [0.15, 0.2) is 0 Å². The van der Waals surface area contributed by atoms with Crippen LogP contribution in [0.2, 0.25) is 0 Å². The first-order chi connectivity index (χ1) is 7.51. The van der Waals surface area contributed by atoms with Gasteiger partial charge in [-0.3, -0.25) is 0 Å². The number of hydrogen-bond acceptors (Lipinski definition) is 2. The van der Waals surface area contributed by atoms with Crippen molar-refractivity contribution in [2.75, 3.05) is 11.5 Å². The lowest BCUT2D eigenvalue weighted by molar-refractivity contribution is -0.129. The number of rotatable bonds is 5. The molecule has 0 radical (unpaired) electrons. The minimum atomic E-state index is -4.05. The predicted molar refractivity (Wildman–Crippen MR) is 59.3 cm³/mol. The minimum Gasteiger partial charge on any atom is -0.373 e. The molecule has 0 aliphatic carbocycles. The molecule has 1 rings (SSSR count). The smallest absolute Gasteiger partial charge is 0.373 e. The summed E-state index contributed by atoms with van der Waals surface area (Å²) in [5, 5.41) is 0. The molecule has 0 bridgehead atoms. The summed E-state index contributed by atoms with van der Waals surface area (Å²) in [6.07, 6.45) is 3.02. The molecule has 16 heavy (non-hydrogen) atoms. The van der Waals surface area contributed by atoms with Gasteiger partial charge in [-0.15, -0.1) is 12.3 Å². The van der Waals surface area contributed by atoms with E-state index in [2.05, 4.69) is 5.92 Å². The molecule has 1 fully saturated rings. The highest BCUT2D eigenvalue weighted by Gasteiger charge is 2.27. The molecular formula is C11H15F3OS. The molecule has 1 aliphatic heterocycles. The summed E-state index contributed by atoms with van der Waals surface area (Å²) in [5.41, 5.74) is 0. The van der Waals surface area contributed by atoms with Crippen molar-refractivity contribution in [1.29, 1.82) is 0 Å². The molecule has 0 saturated carbocycles. The molecule has 1 nitrogen and oxygen atoms in total. The molecule has 0 spiro atoms. The summed E-state index contributed by atoms with van der Waals surface area (Å²) in [6.45, 7) is 0. The normalized spacial score (nSPS) is 25.6. The number of hydrogen-bond donors (Lipinski definition) is 0. The highest BCUT2D eigenvalue weighted by molar-refractivity contribution is 7.99. The Bertz CT molecular complexity index is 247. The molecular weight excluding hydrogens is 237 g/mol. The second-order valence-electron chi connectivity index (χ2n) is 3.81. The van der Waals surface area contributed by atoms with Crippen molar-refractivity contribution in [3.63, 3.8) is 0 Å². The number of ether oxygens (including phenoxy) is 1. The fourth-order valence-electron chi connectivity index (χ4n) is 1.59. The molecule has 0 aromatic carbocycles. The number of alkyl halides is 3. The zero-order valence-corrected chi connectivity index (χ0v) is 9.74. The summed E-state index contributed by atoms with van der Waals surface area (Å²) in [6, 6.07) is 0. The molecule has 2 unspecified atom stereocenters. The highest BCUT2D eigenvalue weighted by Crippen LogP contribution is 2.26. The van der Waals surface area contributed by atoms with Crippen LogP contribution < -0.4 is 0 Å². The number of halogens is 3. The Kier molecular flexibility index (Phi) is 5.50. The largest absolute Gasteiger partial charge is 0.389 e. The van der Waals surface area contributed by atoms with Gasteiger partial charge in [-0.2, -0.15) is 24.9 Å². The lowest BCUT2D eigenvalue weighted by Crippen LogP contribution is -2.14. The first-order valence-corrected chi connectivity index (χ1v) is 6.40. The van der Waals surface area contributed by atoms with Crippen molar-refractivity contribution in [3.8, 4) is 12.3 Å². The van der Waals surface area contributed by atoms with Crippen molar-refractivity contribution in [2.24, 2.45) is 0 Å². The average molecular weight is 252 g/mol. The van der Waals surface area contributed by atoms with E-state index in [1.54, 1.807) is 0 Å². The van der Waals surface area contributed by atoms with Crippen LogP contribution in [0.25, 0.3) is 0 Å². The van der Waals surface area contributed by atoms with E-state index >= 15 is 0 Å². The van der Waals surface area contributed by atoms with Crippen LogP contribution >= 0.6 is 11.8 Å². The van der Waals surface area contributed by atoms with E-state index in [1.807, 2.05) is 0 Å². The SMILES string of the molecule is C#CCC1CCC(CSCCC(F)(F)F)O1. The Morgan fingerprint density at radius 2 is 2.00 bits per heavy atom. The Morgan fingerprint density at radius 3 is 2.62 bits per heavy atom. The van der Waals surface area contributed by atoms with Crippen LogP contribution in [-0.4, -0.2) is 29.9 Å². The Morgan fingerprint density at radius 1 is 1.31 bits per heavy atom. The predicted octanol–water partition coefficient (Wildman–Crippen LogP) is 3.24. The Labute approximate surface area is 98.1 Å². The van der Waals surface area contributed by atoms with E-state index < -0.39 is 12.6 Å². The Balaban J connectivity index is 2.05. The molecule has 1 saturated heterocycles. The third-order valence-electron chi connectivity index (χ3n) is 2.37. The van der Waals surface area contributed by atoms with E-state index in [1.165, 1.54) is 11.8 Å². The third-order valence-corrected chi connectivity index (χ3v) is 3.47. The zero-order valence-electron chi connectivity index (χ0n) is 8.93. The minimum absolute atomic E-state index is 0.0802. The number of thioether (sulfide) groups is 1. The van der Waals surface area contributed by atoms with Crippen LogP contribution in [0.4, 0.5) is 13.2 Å². The zero-order chi connectivity index (χ0) is 12.0. The molecule has 0 N–H and O–H groups in total. The highest BCUT2D eigenvalue weighted by atomic mass is 32.2. The van der Waals surface area contributed by atoms with E-state index in [-0.39, 0.29) is 18.0 Å². The van der Waals surface area contributed by atoms with Gasteiger partial charge in [0.25, 0.3) is 0 Å². The molecule has 0 aromatic heterocycles. The van der Waals surface area contributed by atoms with Gasteiger partial charge in [-0.05, 0) is 12.8 Å². The fraction of sp³-hybridized carbons (Fsp3) is 0.818. The van der Waals surface area contributed by atoms with Crippen molar-refractivity contribution in [1.82, 2.24) is 0 Å². The van der Waals surface area contributed by atoms with Crippen molar-refractivity contribution < 1.29 is 17.9 Å². The monoisotopic (exact) mass is 252 g/mol. The van der Waals surface area contributed by atoms with Gasteiger partial charge in [0.2, 0.25) is 0 Å². The maximum Gasteiger partial charge on any atom is 0.389 e. The van der Waals surface area contributed by atoms with Crippen LogP contribution in [0.1, 0.15) is 25.7 Å². The summed E-state index contributed by atoms with van der Waals surface area (Å²) in [4.78, 5) is 0. The first kappa shape index (κ1) is 13.7. The van der Waals surface area contributed by atoms with Gasteiger partial charge in [0, 0.05) is 17.9 Å².